The van der Waals surface area contributed by atoms with Crippen molar-refractivity contribution < 1.29 is 10.2 Å². The molecule has 0 aliphatic carbocycles. The molecule has 0 fully saturated rings. The van der Waals surface area contributed by atoms with Crippen molar-refractivity contribution in [3.63, 3.8) is 0 Å². The molecule has 0 radical (unpaired) electrons. The molecule has 0 spiro atoms. The number of nitrogens with one attached hydrogen (secondary N) is 2. The fraction of sp³-hybridized carbons (Fsp3) is 1.00. The molecule has 2 atom stereocenters. The van der Waals surface area contributed by atoms with Gasteiger partial charge in [0.2, 0.25) is 0 Å². The second-order valence-corrected chi connectivity index (χ2v) is 3.88. The van der Waals surface area contributed by atoms with Crippen molar-refractivity contribution in [2.45, 2.75) is 12.2 Å². The minimum absolute atomic E-state index is 0.393. The van der Waals surface area contributed by atoms with Crippen molar-refractivity contribution in [3.05, 3.63) is 0 Å². The summed E-state index contributed by atoms with van der Waals surface area (Å²) in [7, 11) is 0. The van der Waals surface area contributed by atoms with Gasteiger partial charge in [-0.3, -0.25) is 0 Å². The smallest absolute Gasteiger partial charge is 0.0935 e. The first-order valence-electron chi connectivity index (χ1n) is 4.71. The van der Waals surface area contributed by atoms with Crippen LogP contribution in [0.5, 0.6) is 0 Å². The van der Waals surface area contributed by atoms with E-state index in [1.165, 1.54) is 0 Å². The Bertz CT molecular complexity index is 116. The van der Waals surface area contributed by atoms with E-state index in [1.807, 2.05) is 0 Å². The monoisotopic (exact) mass is 240 g/mol. The molecule has 4 nitrogen and oxygen atoms in total. The van der Waals surface area contributed by atoms with E-state index < -0.39 is 12.2 Å². The van der Waals surface area contributed by atoms with E-state index in [-0.39, 0.29) is 0 Å². The molecular weight excluding hydrogens is 220 g/mol. The minimum Gasteiger partial charge on any atom is -0.389 e. The Morgan fingerprint density at radius 1 is 0.857 bits per heavy atom. The molecule has 0 aliphatic heterocycles. The molecule has 0 aromatic heterocycles. The van der Waals surface area contributed by atoms with Crippen LogP contribution in [-0.2, 0) is 0 Å². The van der Waals surface area contributed by atoms with Crippen LogP contribution in [0.1, 0.15) is 0 Å². The van der Waals surface area contributed by atoms with Crippen LogP contribution in [0.15, 0.2) is 0 Å². The molecule has 14 heavy (non-hydrogen) atoms. The predicted octanol–water partition coefficient (Wildman–Crippen LogP) is -1.25. The van der Waals surface area contributed by atoms with E-state index in [9.17, 15) is 10.2 Å². The lowest BCUT2D eigenvalue weighted by Crippen LogP contribution is -2.42. The predicted molar refractivity (Wildman–Crippen MR) is 65.5 cm³/mol. The second kappa shape index (κ2) is 10.1. The molecular formula is C8H20N2O2S2. The number of aliphatic hydroxyl groups is 2. The number of thiol groups is 2. The Kier molecular flexibility index (Phi) is 10.5. The van der Waals surface area contributed by atoms with Gasteiger partial charge in [-0.25, -0.2) is 0 Å². The third kappa shape index (κ3) is 7.90. The third-order valence-electron chi connectivity index (χ3n) is 1.73. The molecule has 86 valence electrons. The van der Waals surface area contributed by atoms with Crippen molar-refractivity contribution in [1.29, 1.82) is 0 Å². The Morgan fingerprint density at radius 2 is 1.21 bits per heavy atom. The van der Waals surface area contributed by atoms with Gasteiger partial charge in [0.1, 0.15) is 0 Å². The summed E-state index contributed by atoms with van der Waals surface area (Å²) in [5.74, 6) is 1.45. The van der Waals surface area contributed by atoms with E-state index in [0.29, 0.717) is 13.1 Å². The van der Waals surface area contributed by atoms with Crippen LogP contribution in [0, 0.1) is 0 Å². The van der Waals surface area contributed by atoms with Gasteiger partial charge in [-0.05, 0) is 0 Å². The highest BCUT2D eigenvalue weighted by Crippen LogP contribution is 1.90. The molecule has 0 aromatic carbocycles. The summed E-state index contributed by atoms with van der Waals surface area (Å²) in [4.78, 5) is 0. The summed E-state index contributed by atoms with van der Waals surface area (Å²) in [6.45, 7) is 2.25. The molecule has 0 aromatic rings. The summed E-state index contributed by atoms with van der Waals surface area (Å²) in [6, 6.07) is 0. The number of rotatable bonds is 9. The topological polar surface area (TPSA) is 64.5 Å². The van der Waals surface area contributed by atoms with Crippen molar-refractivity contribution in [1.82, 2.24) is 10.6 Å². The Labute approximate surface area is 96.3 Å². The van der Waals surface area contributed by atoms with E-state index in [0.717, 1.165) is 24.6 Å². The Balaban J connectivity index is 3.39. The van der Waals surface area contributed by atoms with Gasteiger partial charge < -0.3 is 20.8 Å². The van der Waals surface area contributed by atoms with Crippen LogP contribution < -0.4 is 10.6 Å². The van der Waals surface area contributed by atoms with E-state index in [4.69, 9.17) is 0 Å². The Hall–Kier alpha value is 0.540. The summed E-state index contributed by atoms with van der Waals surface area (Å²) < 4.78 is 0. The standard InChI is InChI=1S/C8H20N2O2S2/c11-7(5-9-1-3-13)8(12)6-10-2-4-14/h7-14H,1-6H2/t7-,8-/m0/s1. The van der Waals surface area contributed by atoms with Crippen molar-refractivity contribution in [3.8, 4) is 0 Å². The maximum atomic E-state index is 9.45. The maximum Gasteiger partial charge on any atom is 0.0935 e. The minimum atomic E-state index is -0.734. The van der Waals surface area contributed by atoms with E-state index in [1.54, 1.807) is 0 Å². The number of aliphatic hydroxyl groups excluding tert-OH is 2. The Morgan fingerprint density at radius 3 is 1.50 bits per heavy atom. The van der Waals surface area contributed by atoms with Gasteiger partial charge >= 0.3 is 0 Å². The summed E-state index contributed by atoms with van der Waals surface area (Å²) >= 11 is 8.03. The maximum absolute atomic E-state index is 9.45. The van der Waals surface area contributed by atoms with Crippen LogP contribution in [0.25, 0.3) is 0 Å². The quantitative estimate of drug-likeness (QED) is 0.225. The third-order valence-corrected chi connectivity index (χ3v) is 2.18. The van der Waals surface area contributed by atoms with Gasteiger partial charge in [-0.1, -0.05) is 0 Å². The zero-order valence-electron chi connectivity index (χ0n) is 8.19. The largest absolute Gasteiger partial charge is 0.389 e. The zero-order chi connectivity index (χ0) is 10.8. The molecule has 0 aliphatic rings. The van der Waals surface area contributed by atoms with Crippen molar-refractivity contribution in [2.24, 2.45) is 0 Å². The highest BCUT2D eigenvalue weighted by molar-refractivity contribution is 7.80. The zero-order valence-corrected chi connectivity index (χ0v) is 9.98. The van der Waals surface area contributed by atoms with Gasteiger partial charge in [0.25, 0.3) is 0 Å². The molecule has 0 bridgehead atoms. The average molecular weight is 240 g/mol. The van der Waals surface area contributed by atoms with E-state index in [2.05, 4.69) is 35.9 Å². The molecule has 4 N–H and O–H groups in total. The molecule has 0 amide bonds. The van der Waals surface area contributed by atoms with Gasteiger partial charge in [0, 0.05) is 37.7 Å². The van der Waals surface area contributed by atoms with Crippen LogP contribution in [0.2, 0.25) is 0 Å². The molecule has 0 saturated heterocycles. The fourth-order valence-electron chi connectivity index (χ4n) is 0.930. The van der Waals surface area contributed by atoms with Crippen LogP contribution >= 0.6 is 25.3 Å². The molecule has 0 saturated carbocycles. The lowest BCUT2D eigenvalue weighted by molar-refractivity contribution is 0.0216. The first-order valence-corrected chi connectivity index (χ1v) is 5.98. The summed E-state index contributed by atoms with van der Waals surface area (Å²) in [5, 5.41) is 24.8. The lowest BCUT2D eigenvalue weighted by Gasteiger charge is -2.18. The SMILES string of the molecule is O[C@@H](CNCCS)[C@@H](O)CNCCS. The number of hydrogen-bond donors (Lipinski definition) is 6. The highest BCUT2D eigenvalue weighted by Gasteiger charge is 2.14. The second-order valence-electron chi connectivity index (χ2n) is 2.99. The van der Waals surface area contributed by atoms with Crippen molar-refractivity contribution in [2.75, 3.05) is 37.7 Å². The number of hydrogen-bond acceptors (Lipinski definition) is 6. The van der Waals surface area contributed by atoms with Crippen LogP contribution in [0.3, 0.4) is 0 Å². The van der Waals surface area contributed by atoms with Crippen LogP contribution in [0.4, 0.5) is 0 Å². The molecule has 0 unspecified atom stereocenters. The summed E-state index contributed by atoms with van der Waals surface area (Å²) in [6.07, 6.45) is -1.47. The first-order chi connectivity index (χ1) is 6.72. The van der Waals surface area contributed by atoms with Gasteiger partial charge in [0.05, 0.1) is 12.2 Å². The van der Waals surface area contributed by atoms with Crippen molar-refractivity contribution >= 4 is 25.3 Å². The van der Waals surface area contributed by atoms with Gasteiger partial charge in [-0.15, -0.1) is 0 Å². The lowest BCUT2D eigenvalue weighted by atomic mass is 10.2. The fourth-order valence-corrected chi connectivity index (χ4v) is 1.25. The van der Waals surface area contributed by atoms with Crippen LogP contribution in [-0.4, -0.2) is 60.1 Å². The molecule has 6 heteroatoms. The van der Waals surface area contributed by atoms with Gasteiger partial charge in [0.15, 0.2) is 0 Å². The molecule has 0 rings (SSSR count). The summed E-state index contributed by atoms with van der Waals surface area (Å²) in [5.41, 5.74) is 0. The normalized spacial score (nSPS) is 15.4. The first kappa shape index (κ1) is 14.5. The average Bonchev–Trinajstić information content (AvgIpc) is 2.18. The highest BCUT2D eigenvalue weighted by atomic mass is 32.1. The van der Waals surface area contributed by atoms with Gasteiger partial charge in [-0.2, -0.15) is 25.3 Å². The van der Waals surface area contributed by atoms with E-state index >= 15 is 0 Å². The molecule has 0 heterocycles.